The monoisotopic (exact) mass is 334 g/mol. The molecule has 1 amide bonds. The van der Waals surface area contributed by atoms with Crippen LogP contribution in [0.4, 0.5) is 11.4 Å². The van der Waals surface area contributed by atoms with Gasteiger partial charge in [-0.2, -0.15) is 0 Å². The molecular weight excluding hydrogens is 320 g/mol. The minimum absolute atomic E-state index is 0.0409. The number of benzene rings is 2. The van der Waals surface area contributed by atoms with E-state index < -0.39 is 0 Å². The van der Waals surface area contributed by atoms with Crippen LogP contribution < -0.4 is 15.8 Å². The number of hydrogen-bond donors (Lipinski definition) is 2. The van der Waals surface area contributed by atoms with E-state index in [4.69, 9.17) is 10.5 Å². The molecule has 104 valence electrons. The third-order valence-corrected chi connectivity index (χ3v) is 3.21. The van der Waals surface area contributed by atoms with Gasteiger partial charge in [-0.15, -0.1) is 0 Å². The van der Waals surface area contributed by atoms with Gasteiger partial charge in [0.15, 0.2) is 6.61 Å². The van der Waals surface area contributed by atoms with Gasteiger partial charge in [0.05, 0.1) is 0 Å². The minimum Gasteiger partial charge on any atom is -0.483 e. The number of anilines is 2. The van der Waals surface area contributed by atoms with Gasteiger partial charge in [-0.25, -0.2) is 0 Å². The van der Waals surface area contributed by atoms with Crippen LogP contribution in [0.2, 0.25) is 0 Å². The second-order valence-corrected chi connectivity index (χ2v) is 5.28. The summed E-state index contributed by atoms with van der Waals surface area (Å²) < 4.78 is 6.43. The summed E-state index contributed by atoms with van der Waals surface area (Å²) in [4.78, 5) is 11.8. The molecule has 0 fully saturated rings. The van der Waals surface area contributed by atoms with Gasteiger partial charge in [-0.3, -0.25) is 4.79 Å². The molecule has 0 atom stereocenters. The SMILES string of the molecule is Cc1cc(N)ccc1OCC(=O)Nc1ccc(Br)cc1. The molecule has 0 aliphatic carbocycles. The van der Waals surface area contributed by atoms with Gasteiger partial charge in [0, 0.05) is 15.8 Å². The zero-order valence-corrected chi connectivity index (χ0v) is 12.6. The fraction of sp³-hybridized carbons (Fsp3) is 0.133. The number of nitrogens with two attached hydrogens (primary N) is 1. The molecule has 0 aromatic heterocycles. The molecule has 0 saturated heterocycles. The van der Waals surface area contributed by atoms with Gasteiger partial charge in [-0.1, -0.05) is 15.9 Å². The van der Waals surface area contributed by atoms with Gasteiger partial charge >= 0.3 is 0 Å². The summed E-state index contributed by atoms with van der Waals surface area (Å²) in [5, 5.41) is 2.76. The van der Waals surface area contributed by atoms with Crippen molar-refractivity contribution in [3.63, 3.8) is 0 Å². The average Bonchev–Trinajstić information content (AvgIpc) is 2.40. The van der Waals surface area contributed by atoms with Crippen molar-refractivity contribution in [2.45, 2.75) is 6.92 Å². The zero-order chi connectivity index (χ0) is 14.5. The highest BCUT2D eigenvalue weighted by atomic mass is 79.9. The summed E-state index contributed by atoms with van der Waals surface area (Å²) >= 11 is 3.34. The van der Waals surface area contributed by atoms with Crippen molar-refractivity contribution in [3.05, 3.63) is 52.5 Å². The Labute approximate surface area is 126 Å². The molecule has 2 rings (SSSR count). The summed E-state index contributed by atoms with van der Waals surface area (Å²) in [6, 6.07) is 12.7. The van der Waals surface area contributed by atoms with Crippen LogP contribution in [0, 0.1) is 6.92 Å². The van der Waals surface area contributed by atoms with Crippen molar-refractivity contribution in [2.24, 2.45) is 0 Å². The van der Waals surface area contributed by atoms with E-state index in [1.165, 1.54) is 0 Å². The molecule has 3 N–H and O–H groups in total. The number of nitrogen functional groups attached to an aromatic ring is 1. The molecule has 0 heterocycles. The van der Waals surface area contributed by atoms with E-state index in [9.17, 15) is 4.79 Å². The largest absolute Gasteiger partial charge is 0.483 e. The maximum Gasteiger partial charge on any atom is 0.262 e. The topological polar surface area (TPSA) is 64.3 Å². The lowest BCUT2D eigenvalue weighted by Gasteiger charge is -2.10. The van der Waals surface area contributed by atoms with Crippen LogP contribution in [0.5, 0.6) is 5.75 Å². The first kappa shape index (κ1) is 14.4. The highest BCUT2D eigenvalue weighted by Gasteiger charge is 2.05. The molecule has 2 aromatic rings. The van der Waals surface area contributed by atoms with E-state index in [1.54, 1.807) is 12.1 Å². The van der Waals surface area contributed by atoms with Crippen LogP contribution in [-0.4, -0.2) is 12.5 Å². The minimum atomic E-state index is -0.205. The van der Waals surface area contributed by atoms with E-state index in [0.29, 0.717) is 11.4 Å². The predicted molar refractivity (Wildman–Crippen MR) is 83.9 cm³/mol. The second kappa shape index (κ2) is 6.43. The normalized spacial score (nSPS) is 10.1. The number of carbonyl (C=O) groups is 1. The van der Waals surface area contributed by atoms with Crippen LogP contribution in [0.1, 0.15) is 5.56 Å². The number of carbonyl (C=O) groups excluding carboxylic acids is 1. The third-order valence-electron chi connectivity index (χ3n) is 2.69. The zero-order valence-electron chi connectivity index (χ0n) is 11.0. The van der Waals surface area contributed by atoms with Gasteiger partial charge < -0.3 is 15.8 Å². The van der Waals surface area contributed by atoms with Gasteiger partial charge in [-0.05, 0) is 55.0 Å². The Bertz CT molecular complexity index is 612. The van der Waals surface area contributed by atoms with Crippen molar-refractivity contribution >= 4 is 33.2 Å². The Morgan fingerprint density at radius 2 is 1.95 bits per heavy atom. The molecule has 2 aromatic carbocycles. The second-order valence-electron chi connectivity index (χ2n) is 4.37. The van der Waals surface area contributed by atoms with Crippen molar-refractivity contribution in [1.82, 2.24) is 0 Å². The molecule has 4 nitrogen and oxygen atoms in total. The lowest BCUT2D eigenvalue weighted by molar-refractivity contribution is -0.118. The first-order chi connectivity index (χ1) is 9.54. The van der Waals surface area contributed by atoms with Gasteiger partial charge in [0.2, 0.25) is 0 Å². The van der Waals surface area contributed by atoms with E-state index in [0.717, 1.165) is 15.7 Å². The number of aryl methyl sites for hydroxylation is 1. The molecular formula is C15H15BrN2O2. The Morgan fingerprint density at radius 1 is 1.25 bits per heavy atom. The van der Waals surface area contributed by atoms with Crippen LogP contribution in [0.3, 0.4) is 0 Å². The summed E-state index contributed by atoms with van der Waals surface area (Å²) in [5.74, 6) is 0.453. The molecule has 0 aliphatic heterocycles. The predicted octanol–water partition coefficient (Wildman–Crippen LogP) is 3.36. The van der Waals surface area contributed by atoms with Crippen LogP contribution in [-0.2, 0) is 4.79 Å². The summed E-state index contributed by atoms with van der Waals surface area (Å²) in [5.41, 5.74) is 7.97. The lowest BCUT2D eigenvalue weighted by Crippen LogP contribution is -2.20. The molecule has 0 unspecified atom stereocenters. The Balaban J connectivity index is 1.90. The van der Waals surface area contributed by atoms with Crippen LogP contribution in [0.15, 0.2) is 46.9 Å². The van der Waals surface area contributed by atoms with E-state index >= 15 is 0 Å². The number of halogens is 1. The molecule has 0 radical (unpaired) electrons. The molecule has 20 heavy (non-hydrogen) atoms. The van der Waals surface area contributed by atoms with Gasteiger partial charge in [0.1, 0.15) is 5.75 Å². The molecule has 0 spiro atoms. The van der Waals surface area contributed by atoms with Crippen molar-refractivity contribution in [3.8, 4) is 5.75 Å². The van der Waals surface area contributed by atoms with Crippen LogP contribution in [0.25, 0.3) is 0 Å². The van der Waals surface area contributed by atoms with Crippen LogP contribution >= 0.6 is 15.9 Å². The maximum absolute atomic E-state index is 11.8. The highest BCUT2D eigenvalue weighted by Crippen LogP contribution is 2.20. The third kappa shape index (κ3) is 3.99. The quantitative estimate of drug-likeness (QED) is 0.842. The standard InChI is InChI=1S/C15H15BrN2O2/c1-10-8-12(17)4-7-14(10)20-9-15(19)18-13-5-2-11(16)3-6-13/h2-8H,9,17H2,1H3,(H,18,19). The molecule has 0 bridgehead atoms. The number of amides is 1. The van der Waals surface area contributed by atoms with Crippen molar-refractivity contribution in [2.75, 3.05) is 17.7 Å². The number of rotatable bonds is 4. The fourth-order valence-corrected chi connectivity index (χ4v) is 1.97. The van der Waals surface area contributed by atoms with E-state index in [2.05, 4.69) is 21.2 Å². The number of ether oxygens (including phenoxy) is 1. The maximum atomic E-state index is 11.8. The molecule has 5 heteroatoms. The van der Waals surface area contributed by atoms with E-state index in [-0.39, 0.29) is 12.5 Å². The van der Waals surface area contributed by atoms with Gasteiger partial charge in [0.25, 0.3) is 5.91 Å². The molecule has 0 aliphatic rings. The number of hydrogen-bond acceptors (Lipinski definition) is 3. The first-order valence-electron chi connectivity index (χ1n) is 6.09. The summed E-state index contributed by atoms with van der Waals surface area (Å²) in [6.07, 6.45) is 0. The molecule has 0 saturated carbocycles. The summed E-state index contributed by atoms with van der Waals surface area (Å²) in [7, 11) is 0. The van der Waals surface area contributed by atoms with Crippen molar-refractivity contribution < 1.29 is 9.53 Å². The smallest absolute Gasteiger partial charge is 0.262 e. The number of nitrogens with one attached hydrogen (secondary N) is 1. The van der Waals surface area contributed by atoms with E-state index in [1.807, 2.05) is 37.3 Å². The Morgan fingerprint density at radius 3 is 2.60 bits per heavy atom. The lowest BCUT2D eigenvalue weighted by atomic mass is 10.2. The fourth-order valence-electron chi connectivity index (χ4n) is 1.71. The highest BCUT2D eigenvalue weighted by molar-refractivity contribution is 9.10. The first-order valence-corrected chi connectivity index (χ1v) is 6.88. The summed E-state index contributed by atoms with van der Waals surface area (Å²) in [6.45, 7) is 1.85. The Kier molecular flexibility index (Phi) is 4.63. The Hall–Kier alpha value is -2.01. The van der Waals surface area contributed by atoms with Crippen molar-refractivity contribution in [1.29, 1.82) is 0 Å². The average molecular weight is 335 g/mol.